The Morgan fingerprint density at radius 2 is 2.20 bits per heavy atom. The number of halogens is 2. The monoisotopic (exact) mass is 318 g/mol. The van der Waals surface area contributed by atoms with E-state index in [0.29, 0.717) is 17.7 Å². The molecule has 2 heterocycles. The van der Waals surface area contributed by atoms with Gasteiger partial charge in [-0.1, -0.05) is 11.6 Å². The standard InChI is InChI=1S/C14H19ClN2O2.ClH/c15-12-5-11(14-13(6-12)18-9-19-14)2-4-17-3-1-10(7-16)8-17;/h5-6,10H,1-4,7-9,16H2;1H/t10-;/m0./s1. The van der Waals surface area contributed by atoms with Gasteiger partial charge in [-0.05, 0) is 37.9 Å². The molecule has 20 heavy (non-hydrogen) atoms. The molecule has 1 aromatic rings. The number of nitrogens with two attached hydrogens (primary N) is 1. The van der Waals surface area contributed by atoms with Crippen LogP contribution in [0.3, 0.4) is 0 Å². The molecule has 112 valence electrons. The van der Waals surface area contributed by atoms with Crippen molar-refractivity contribution in [1.29, 1.82) is 0 Å². The van der Waals surface area contributed by atoms with Crippen LogP contribution in [0.25, 0.3) is 0 Å². The van der Waals surface area contributed by atoms with Crippen LogP contribution in [0.4, 0.5) is 0 Å². The van der Waals surface area contributed by atoms with Crippen molar-refractivity contribution >= 4 is 24.0 Å². The summed E-state index contributed by atoms with van der Waals surface area (Å²) in [5.41, 5.74) is 6.85. The highest BCUT2D eigenvalue weighted by Gasteiger charge is 2.23. The van der Waals surface area contributed by atoms with E-state index in [2.05, 4.69) is 4.90 Å². The fourth-order valence-corrected chi connectivity index (χ4v) is 3.05. The van der Waals surface area contributed by atoms with E-state index >= 15 is 0 Å². The lowest BCUT2D eigenvalue weighted by Crippen LogP contribution is -2.25. The van der Waals surface area contributed by atoms with Crippen molar-refractivity contribution in [2.24, 2.45) is 11.7 Å². The summed E-state index contributed by atoms with van der Waals surface area (Å²) < 4.78 is 10.9. The highest BCUT2D eigenvalue weighted by Crippen LogP contribution is 2.38. The Morgan fingerprint density at radius 3 is 2.95 bits per heavy atom. The predicted octanol–water partition coefficient (Wildman–Crippen LogP) is 2.31. The molecule has 6 heteroatoms. The van der Waals surface area contributed by atoms with E-state index in [4.69, 9.17) is 26.8 Å². The molecule has 0 aromatic heterocycles. The molecular formula is C14H20Cl2N2O2. The van der Waals surface area contributed by atoms with Gasteiger partial charge in [0.15, 0.2) is 11.5 Å². The molecule has 0 saturated carbocycles. The largest absolute Gasteiger partial charge is 0.454 e. The minimum atomic E-state index is 0. The number of hydrogen-bond donors (Lipinski definition) is 1. The topological polar surface area (TPSA) is 47.7 Å². The molecule has 0 aliphatic carbocycles. The molecule has 1 atom stereocenters. The summed E-state index contributed by atoms with van der Waals surface area (Å²) >= 11 is 6.10. The molecule has 1 aromatic carbocycles. The quantitative estimate of drug-likeness (QED) is 0.925. The van der Waals surface area contributed by atoms with Crippen LogP contribution in [-0.2, 0) is 6.42 Å². The first-order chi connectivity index (χ1) is 9.26. The molecule has 0 spiro atoms. The predicted molar refractivity (Wildman–Crippen MR) is 82.1 cm³/mol. The summed E-state index contributed by atoms with van der Waals surface area (Å²) in [6.45, 7) is 4.35. The normalized spacial score (nSPS) is 21.0. The summed E-state index contributed by atoms with van der Waals surface area (Å²) in [5, 5.41) is 0.709. The lowest BCUT2D eigenvalue weighted by atomic mass is 10.1. The van der Waals surface area contributed by atoms with Crippen molar-refractivity contribution in [2.75, 3.05) is 33.0 Å². The van der Waals surface area contributed by atoms with Crippen molar-refractivity contribution in [3.63, 3.8) is 0 Å². The molecular weight excluding hydrogens is 299 g/mol. The SMILES string of the molecule is Cl.NC[C@@H]1CCN(CCc2cc(Cl)cc3c2OCO3)C1. The lowest BCUT2D eigenvalue weighted by Gasteiger charge is -2.16. The molecule has 0 unspecified atom stereocenters. The Kier molecular flexibility index (Phi) is 5.38. The van der Waals surface area contributed by atoms with Gasteiger partial charge in [-0.25, -0.2) is 0 Å². The Labute approximate surface area is 130 Å². The van der Waals surface area contributed by atoms with Crippen LogP contribution in [0.5, 0.6) is 11.5 Å². The van der Waals surface area contributed by atoms with Gasteiger partial charge in [-0.2, -0.15) is 0 Å². The number of ether oxygens (including phenoxy) is 2. The van der Waals surface area contributed by atoms with Gasteiger partial charge in [0.2, 0.25) is 6.79 Å². The number of nitrogens with zero attached hydrogens (tertiary/aromatic N) is 1. The van der Waals surface area contributed by atoms with Crippen molar-refractivity contribution in [3.8, 4) is 11.5 Å². The van der Waals surface area contributed by atoms with E-state index in [0.717, 1.165) is 49.7 Å². The van der Waals surface area contributed by atoms with E-state index in [1.54, 1.807) is 0 Å². The van der Waals surface area contributed by atoms with Gasteiger partial charge in [0.05, 0.1) is 0 Å². The second kappa shape index (κ2) is 6.85. The molecule has 2 N–H and O–H groups in total. The zero-order chi connectivity index (χ0) is 13.2. The second-order valence-electron chi connectivity index (χ2n) is 5.24. The van der Waals surface area contributed by atoms with E-state index in [-0.39, 0.29) is 12.4 Å². The summed E-state index contributed by atoms with van der Waals surface area (Å²) in [7, 11) is 0. The highest BCUT2D eigenvalue weighted by molar-refractivity contribution is 6.30. The zero-order valence-electron chi connectivity index (χ0n) is 11.3. The van der Waals surface area contributed by atoms with Crippen LogP contribution < -0.4 is 15.2 Å². The van der Waals surface area contributed by atoms with Crippen LogP contribution in [0, 0.1) is 5.92 Å². The number of benzene rings is 1. The average Bonchev–Trinajstić information content (AvgIpc) is 3.03. The Hall–Kier alpha value is -0.680. The molecule has 4 nitrogen and oxygen atoms in total. The average molecular weight is 319 g/mol. The highest BCUT2D eigenvalue weighted by atomic mass is 35.5. The second-order valence-corrected chi connectivity index (χ2v) is 5.68. The summed E-state index contributed by atoms with van der Waals surface area (Å²) in [6.07, 6.45) is 2.15. The fourth-order valence-electron chi connectivity index (χ4n) is 2.82. The van der Waals surface area contributed by atoms with Crippen LogP contribution >= 0.6 is 24.0 Å². The third-order valence-electron chi connectivity index (χ3n) is 3.91. The summed E-state index contributed by atoms with van der Waals surface area (Å²) in [5.74, 6) is 2.28. The molecule has 0 radical (unpaired) electrons. The minimum absolute atomic E-state index is 0. The van der Waals surface area contributed by atoms with E-state index in [1.165, 1.54) is 6.42 Å². The lowest BCUT2D eigenvalue weighted by molar-refractivity contribution is 0.173. The van der Waals surface area contributed by atoms with Crippen molar-refractivity contribution in [1.82, 2.24) is 4.90 Å². The smallest absolute Gasteiger partial charge is 0.231 e. The summed E-state index contributed by atoms with van der Waals surface area (Å²) in [4.78, 5) is 2.46. The zero-order valence-corrected chi connectivity index (χ0v) is 12.9. The van der Waals surface area contributed by atoms with Crippen LogP contribution in [0.2, 0.25) is 5.02 Å². The number of hydrogen-bond acceptors (Lipinski definition) is 4. The van der Waals surface area contributed by atoms with Gasteiger partial charge >= 0.3 is 0 Å². The molecule has 0 amide bonds. The maximum atomic E-state index is 6.10. The first-order valence-electron chi connectivity index (χ1n) is 6.76. The molecule has 1 saturated heterocycles. The van der Waals surface area contributed by atoms with E-state index in [9.17, 15) is 0 Å². The maximum Gasteiger partial charge on any atom is 0.231 e. The van der Waals surface area contributed by atoms with Crippen LogP contribution in [0.15, 0.2) is 12.1 Å². The van der Waals surface area contributed by atoms with Crippen LogP contribution in [0.1, 0.15) is 12.0 Å². The Bertz CT molecular complexity index is 471. The first kappa shape index (κ1) is 15.7. The maximum absolute atomic E-state index is 6.10. The number of fused-ring (bicyclic) bond motifs is 1. The van der Waals surface area contributed by atoms with Crippen molar-refractivity contribution < 1.29 is 9.47 Å². The molecule has 1 fully saturated rings. The molecule has 2 aliphatic heterocycles. The van der Waals surface area contributed by atoms with Gasteiger partial charge in [0, 0.05) is 29.7 Å². The minimum Gasteiger partial charge on any atom is -0.454 e. The van der Waals surface area contributed by atoms with E-state index < -0.39 is 0 Å². The van der Waals surface area contributed by atoms with Crippen molar-refractivity contribution in [2.45, 2.75) is 12.8 Å². The van der Waals surface area contributed by atoms with Gasteiger partial charge in [0.25, 0.3) is 0 Å². The number of likely N-dealkylation sites (tertiary alicyclic amines) is 1. The van der Waals surface area contributed by atoms with Gasteiger partial charge in [-0.15, -0.1) is 12.4 Å². The third kappa shape index (κ3) is 3.31. The third-order valence-corrected chi connectivity index (χ3v) is 4.13. The van der Waals surface area contributed by atoms with Gasteiger partial charge in [-0.3, -0.25) is 0 Å². The van der Waals surface area contributed by atoms with Crippen molar-refractivity contribution in [3.05, 3.63) is 22.7 Å². The summed E-state index contributed by atoms with van der Waals surface area (Å²) in [6, 6.07) is 3.79. The van der Waals surface area contributed by atoms with E-state index in [1.807, 2.05) is 12.1 Å². The molecule has 3 rings (SSSR count). The Morgan fingerprint density at radius 1 is 1.35 bits per heavy atom. The fraction of sp³-hybridized carbons (Fsp3) is 0.571. The Balaban J connectivity index is 0.00000147. The number of rotatable bonds is 4. The van der Waals surface area contributed by atoms with Crippen LogP contribution in [-0.4, -0.2) is 37.9 Å². The first-order valence-corrected chi connectivity index (χ1v) is 7.14. The molecule has 2 aliphatic rings. The molecule has 0 bridgehead atoms. The van der Waals surface area contributed by atoms with Gasteiger partial charge in [0.1, 0.15) is 0 Å². The van der Waals surface area contributed by atoms with Gasteiger partial charge < -0.3 is 20.1 Å².